The molecule has 1 atom stereocenters. The molecule has 1 unspecified atom stereocenters. The summed E-state index contributed by atoms with van der Waals surface area (Å²) in [5.74, 6) is 0. The third kappa shape index (κ3) is 3.19. The monoisotopic (exact) mass is 283 g/mol. The molecule has 0 spiro atoms. The summed E-state index contributed by atoms with van der Waals surface area (Å²) in [6.07, 6.45) is 4.52. The number of nitrogens with zero attached hydrogens (tertiary/aromatic N) is 1. The van der Waals surface area contributed by atoms with Crippen LogP contribution >= 0.6 is 0 Å². The second kappa shape index (κ2) is 5.38. The number of piperidine rings is 1. The average Bonchev–Trinajstić information content (AvgIpc) is 2.37. The van der Waals surface area contributed by atoms with Crippen molar-refractivity contribution >= 4 is 21.4 Å². The van der Waals surface area contributed by atoms with Gasteiger partial charge in [-0.2, -0.15) is 0 Å². The zero-order valence-electron chi connectivity index (χ0n) is 11.2. The van der Waals surface area contributed by atoms with Gasteiger partial charge in [0.2, 0.25) is 10.0 Å². The van der Waals surface area contributed by atoms with Crippen LogP contribution in [0.15, 0.2) is 23.1 Å². The van der Waals surface area contributed by atoms with Crippen molar-refractivity contribution in [2.75, 3.05) is 17.2 Å². The quantitative estimate of drug-likeness (QED) is 0.826. The van der Waals surface area contributed by atoms with Crippen LogP contribution in [0.25, 0.3) is 0 Å². The number of rotatable bonds is 3. The molecule has 106 valence electrons. The van der Waals surface area contributed by atoms with E-state index in [1.54, 1.807) is 6.07 Å². The van der Waals surface area contributed by atoms with Crippen molar-refractivity contribution in [2.24, 2.45) is 5.14 Å². The molecule has 4 N–H and O–H groups in total. The Hall–Kier alpha value is -1.27. The van der Waals surface area contributed by atoms with E-state index in [1.807, 2.05) is 6.07 Å². The van der Waals surface area contributed by atoms with E-state index >= 15 is 0 Å². The molecule has 6 heteroatoms. The molecule has 1 saturated heterocycles. The Kier molecular flexibility index (Phi) is 4.01. The Morgan fingerprint density at radius 2 is 2.05 bits per heavy atom. The number of anilines is 2. The van der Waals surface area contributed by atoms with Crippen molar-refractivity contribution in [3.05, 3.63) is 18.2 Å². The average molecular weight is 283 g/mol. The van der Waals surface area contributed by atoms with Crippen molar-refractivity contribution in [1.82, 2.24) is 0 Å². The van der Waals surface area contributed by atoms with Crippen LogP contribution < -0.4 is 15.8 Å². The van der Waals surface area contributed by atoms with Crippen LogP contribution in [0.2, 0.25) is 0 Å². The molecule has 0 aliphatic carbocycles. The summed E-state index contributed by atoms with van der Waals surface area (Å²) in [6.45, 7) is 3.09. The lowest BCUT2D eigenvalue weighted by molar-refractivity contribution is 0.450. The summed E-state index contributed by atoms with van der Waals surface area (Å²) in [5.41, 5.74) is 7.09. The zero-order valence-corrected chi connectivity index (χ0v) is 12.0. The smallest absolute Gasteiger partial charge is 0.238 e. The van der Waals surface area contributed by atoms with Crippen LogP contribution in [-0.4, -0.2) is 21.0 Å². The summed E-state index contributed by atoms with van der Waals surface area (Å²) in [7, 11) is -3.72. The predicted molar refractivity (Wildman–Crippen MR) is 77.5 cm³/mol. The van der Waals surface area contributed by atoms with Crippen LogP contribution in [-0.2, 0) is 10.0 Å². The van der Waals surface area contributed by atoms with Crippen molar-refractivity contribution < 1.29 is 8.42 Å². The lowest BCUT2D eigenvalue weighted by Crippen LogP contribution is -2.39. The van der Waals surface area contributed by atoms with Gasteiger partial charge in [-0.05, 0) is 43.9 Å². The number of nitrogen functional groups attached to an aromatic ring is 1. The molecule has 1 aromatic carbocycles. The van der Waals surface area contributed by atoms with E-state index < -0.39 is 10.0 Å². The van der Waals surface area contributed by atoms with Gasteiger partial charge in [0.15, 0.2) is 0 Å². The van der Waals surface area contributed by atoms with Crippen LogP contribution in [0.5, 0.6) is 0 Å². The molecule has 1 heterocycles. The SMILES string of the molecule is CCC1CCCCN1c1cc(N)cc(S(N)(=O)=O)c1. The molecular weight excluding hydrogens is 262 g/mol. The maximum absolute atomic E-state index is 11.5. The molecule has 1 aliphatic rings. The topological polar surface area (TPSA) is 89.4 Å². The Morgan fingerprint density at radius 3 is 2.68 bits per heavy atom. The second-order valence-electron chi connectivity index (χ2n) is 5.06. The Morgan fingerprint density at radius 1 is 1.32 bits per heavy atom. The van der Waals surface area contributed by atoms with Gasteiger partial charge in [0.05, 0.1) is 4.90 Å². The lowest BCUT2D eigenvalue weighted by atomic mass is 9.99. The van der Waals surface area contributed by atoms with Gasteiger partial charge in [-0.15, -0.1) is 0 Å². The minimum atomic E-state index is -3.72. The fourth-order valence-corrected chi connectivity index (χ4v) is 3.29. The highest BCUT2D eigenvalue weighted by Crippen LogP contribution is 2.29. The number of benzene rings is 1. The predicted octanol–water partition coefficient (Wildman–Crippen LogP) is 1.69. The standard InChI is InChI=1S/C13H21N3O2S/c1-2-11-5-3-4-6-16(11)12-7-10(14)8-13(9-12)19(15,17)18/h7-9,11H,2-6,14H2,1H3,(H2,15,17,18). The van der Waals surface area contributed by atoms with Crippen LogP contribution in [0.1, 0.15) is 32.6 Å². The molecule has 2 rings (SSSR count). The first-order chi connectivity index (χ1) is 8.91. The molecule has 0 saturated carbocycles. The van der Waals surface area contributed by atoms with Gasteiger partial charge in [-0.3, -0.25) is 0 Å². The van der Waals surface area contributed by atoms with E-state index in [4.69, 9.17) is 10.9 Å². The van der Waals surface area contributed by atoms with Crippen molar-refractivity contribution in [1.29, 1.82) is 0 Å². The highest BCUT2D eigenvalue weighted by Gasteiger charge is 2.22. The van der Waals surface area contributed by atoms with E-state index in [-0.39, 0.29) is 4.90 Å². The molecule has 1 fully saturated rings. The minimum absolute atomic E-state index is 0.0860. The molecule has 19 heavy (non-hydrogen) atoms. The van der Waals surface area contributed by atoms with E-state index in [0.717, 1.165) is 31.5 Å². The molecule has 0 amide bonds. The highest BCUT2D eigenvalue weighted by atomic mass is 32.2. The number of nitrogens with two attached hydrogens (primary N) is 2. The van der Waals surface area contributed by atoms with Gasteiger partial charge in [0, 0.05) is 24.0 Å². The molecule has 5 nitrogen and oxygen atoms in total. The molecular formula is C13H21N3O2S. The first kappa shape index (κ1) is 14.1. The number of sulfonamides is 1. The van der Waals surface area contributed by atoms with Crippen LogP contribution in [0.4, 0.5) is 11.4 Å². The van der Waals surface area contributed by atoms with E-state index in [1.165, 1.54) is 12.5 Å². The largest absolute Gasteiger partial charge is 0.399 e. The van der Waals surface area contributed by atoms with Gasteiger partial charge in [0.1, 0.15) is 0 Å². The first-order valence-corrected chi connectivity index (χ1v) is 8.16. The maximum Gasteiger partial charge on any atom is 0.238 e. The fraction of sp³-hybridized carbons (Fsp3) is 0.538. The Bertz CT molecular complexity index is 557. The molecule has 0 radical (unpaired) electrons. The minimum Gasteiger partial charge on any atom is -0.399 e. The van der Waals surface area contributed by atoms with E-state index in [9.17, 15) is 8.42 Å². The summed E-state index contributed by atoms with van der Waals surface area (Å²) in [5, 5.41) is 5.19. The van der Waals surface area contributed by atoms with Crippen LogP contribution in [0, 0.1) is 0 Å². The fourth-order valence-electron chi connectivity index (χ4n) is 2.70. The Balaban J connectivity index is 2.41. The molecule has 0 aromatic heterocycles. The van der Waals surface area contributed by atoms with Crippen molar-refractivity contribution in [3.8, 4) is 0 Å². The second-order valence-corrected chi connectivity index (χ2v) is 6.62. The zero-order chi connectivity index (χ0) is 14.0. The number of hydrogen-bond donors (Lipinski definition) is 2. The van der Waals surface area contributed by atoms with Crippen molar-refractivity contribution in [3.63, 3.8) is 0 Å². The van der Waals surface area contributed by atoms with E-state index in [2.05, 4.69) is 11.8 Å². The summed E-state index contributed by atoms with van der Waals surface area (Å²) in [6, 6.07) is 5.30. The van der Waals surface area contributed by atoms with Gasteiger partial charge in [-0.25, -0.2) is 13.6 Å². The van der Waals surface area contributed by atoms with E-state index in [0.29, 0.717) is 11.7 Å². The van der Waals surface area contributed by atoms with Crippen LogP contribution in [0.3, 0.4) is 0 Å². The first-order valence-electron chi connectivity index (χ1n) is 6.62. The molecule has 1 aromatic rings. The summed E-state index contributed by atoms with van der Waals surface area (Å²) >= 11 is 0. The summed E-state index contributed by atoms with van der Waals surface area (Å²) in [4.78, 5) is 2.33. The van der Waals surface area contributed by atoms with Gasteiger partial charge in [-0.1, -0.05) is 6.92 Å². The third-order valence-electron chi connectivity index (χ3n) is 3.67. The molecule has 0 bridgehead atoms. The summed E-state index contributed by atoms with van der Waals surface area (Å²) < 4.78 is 22.9. The maximum atomic E-state index is 11.5. The van der Waals surface area contributed by atoms with Crippen molar-refractivity contribution in [2.45, 2.75) is 43.5 Å². The number of primary sulfonamides is 1. The van der Waals surface area contributed by atoms with Gasteiger partial charge < -0.3 is 10.6 Å². The normalized spacial score (nSPS) is 20.5. The highest BCUT2D eigenvalue weighted by molar-refractivity contribution is 7.89. The van der Waals surface area contributed by atoms with Gasteiger partial charge in [0.25, 0.3) is 0 Å². The number of hydrogen-bond acceptors (Lipinski definition) is 4. The molecule has 1 aliphatic heterocycles. The Labute approximate surface area is 114 Å². The van der Waals surface area contributed by atoms with Gasteiger partial charge >= 0.3 is 0 Å². The third-order valence-corrected chi connectivity index (χ3v) is 4.56. The lowest BCUT2D eigenvalue weighted by Gasteiger charge is -2.37.